The summed E-state index contributed by atoms with van der Waals surface area (Å²) < 4.78 is 5.49. The minimum atomic E-state index is 0.345. The number of rotatable bonds is 1. The number of amidine groups is 1. The average molecular weight is 226 g/mol. The molecular weight excluding hydrogens is 208 g/mol. The maximum absolute atomic E-state index is 5.90. The largest absolute Gasteiger partial charge is 0.379 e. The van der Waals surface area contributed by atoms with Crippen molar-refractivity contribution in [1.82, 2.24) is 0 Å². The Labute approximate surface area is 94.8 Å². The Morgan fingerprint density at radius 2 is 2.27 bits per heavy atom. The zero-order valence-electron chi connectivity index (χ0n) is 9.06. The third-order valence-corrected chi connectivity index (χ3v) is 5.26. The summed E-state index contributed by atoms with van der Waals surface area (Å²) in [6.45, 7) is 4.04. The van der Waals surface area contributed by atoms with Crippen LogP contribution < -0.4 is 5.73 Å². The molecule has 0 bridgehead atoms. The van der Waals surface area contributed by atoms with E-state index in [4.69, 9.17) is 10.5 Å². The molecule has 5 atom stereocenters. The number of fused-ring (bicyclic) bond motifs is 1. The molecule has 0 aromatic heterocycles. The zero-order valence-corrected chi connectivity index (χ0v) is 9.87. The van der Waals surface area contributed by atoms with Crippen LogP contribution in [0.4, 0.5) is 0 Å². The SMILES string of the molecule is C[C@@H]1C[C@H]1C1SC(N)=NC2COCCC21. The van der Waals surface area contributed by atoms with E-state index >= 15 is 0 Å². The average Bonchev–Trinajstić information content (AvgIpc) is 2.94. The molecule has 2 heterocycles. The maximum atomic E-state index is 5.90. The molecule has 0 aromatic rings. The number of nitrogens with zero attached hydrogens (tertiary/aromatic N) is 1. The molecule has 3 aliphatic rings. The van der Waals surface area contributed by atoms with Crippen LogP contribution in [0.25, 0.3) is 0 Å². The number of hydrogen-bond acceptors (Lipinski definition) is 4. The molecule has 1 saturated carbocycles. The second-order valence-electron chi connectivity index (χ2n) is 5.02. The van der Waals surface area contributed by atoms with E-state index in [9.17, 15) is 0 Å². The first kappa shape index (κ1) is 9.97. The lowest BCUT2D eigenvalue weighted by Crippen LogP contribution is -2.43. The summed E-state index contributed by atoms with van der Waals surface area (Å²) in [6, 6.07) is 0.345. The highest BCUT2D eigenvalue weighted by atomic mass is 32.2. The van der Waals surface area contributed by atoms with Crippen LogP contribution in [0, 0.1) is 17.8 Å². The third-order valence-electron chi connectivity index (χ3n) is 3.94. The molecule has 3 nitrogen and oxygen atoms in total. The molecule has 15 heavy (non-hydrogen) atoms. The van der Waals surface area contributed by atoms with E-state index in [1.54, 1.807) is 0 Å². The predicted molar refractivity (Wildman–Crippen MR) is 63.0 cm³/mol. The van der Waals surface area contributed by atoms with E-state index in [1.807, 2.05) is 11.8 Å². The molecule has 2 N–H and O–H groups in total. The van der Waals surface area contributed by atoms with E-state index < -0.39 is 0 Å². The van der Waals surface area contributed by atoms with Crippen molar-refractivity contribution in [2.45, 2.75) is 31.1 Å². The molecule has 2 aliphatic heterocycles. The van der Waals surface area contributed by atoms with E-state index in [-0.39, 0.29) is 0 Å². The molecule has 2 fully saturated rings. The van der Waals surface area contributed by atoms with Gasteiger partial charge in [0.1, 0.15) is 0 Å². The van der Waals surface area contributed by atoms with Gasteiger partial charge in [0.15, 0.2) is 5.17 Å². The first-order valence-electron chi connectivity index (χ1n) is 5.83. The number of hydrogen-bond donors (Lipinski definition) is 1. The number of ether oxygens (including phenoxy) is 1. The van der Waals surface area contributed by atoms with Crippen molar-refractivity contribution < 1.29 is 4.74 Å². The lowest BCUT2D eigenvalue weighted by atomic mass is 9.88. The fourth-order valence-corrected chi connectivity index (χ4v) is 4.41. The van der Waals surface area contributed by atoms with Gasteiger partial charge in [-0.1, -0.05) is 18.7 Å². The van der Waals surface area contributed by atoms with E-state index in [1.165, 1.54) is 12.8 Å². The Balaban J connectivity index is 1.79. The van der Waals surface area contributed by atoms with Gasteiger partial charge < -0.3 is 10.5 Å². The predicted octanol–water partition coefficient (Wildman–Crippen LogP) is 1.48. The van der Waals surface area contributed by atoms with Crippen LogP contribution in [-0.2, 0) is 4.74 Å². The van der Waals surface area contributed by atoms with Gasteiger partial charge in [0.25, 0.3) is 0 Å². The molecule has 84 valence electrons. The molecule has 0 amide bonds. The Morgan fingerprint density at radius 1 is 1.47 bits per heavy atom. The van der Waals surface area contributed by atoms with Gasteiger partial charge in [0.05, 0.1) is 12.6 Å². The van der Waals surface area contributed by atoms with Gasteiger partial charge in [-0.15, -0.1) is 0 Å². The topological polar surface area (TPSA) is 47.6 Å². The summed E-state index contributed by atoms with van der Waals surface area (Å²) in [5.41, 5.74) is 5.90. The van der Waals surface area contributed by atoms with E-state index in [0.29, 0.717) is 17.2 Å². The van der Waals surface area contributed by atoms with Gasteiger partial charge in [-0.3, -0.25) is 4.99 Å². The van der Waals surface area contributed by atoms with Gasteiger partial charge in [0, 0.05) is 11.9 Å². The monoisotopic (exact) mass is 226 g/mol. The highest BCUT2D eigenvalue weighted by Gasteiger charge is 2.48. The fraction of sp³-hybridized carbons (Fsp3) is 0.909. The summed E-state index contributed by atoms with van der Waals surface area (Å²) in [5, 5.41) is 1.50. The third kappa shape index (κ3) is 1.78. The van der Waals surface area contributed by atoms with Crippen molar-refractivity contribution in [2.75, 3.05) is 13.2 Å². The lowest BCUT2D eigenvalue weighted by molar-refractivity contribution is 0.0466. The zero-order chi connectivity index (χ0) is 10.4. The Bertz CT molecular complexity index is 294. The summed E-state index contributed by atoms with van der Waals surface area (Å²) in [6.07, 6.45) is 2.55. The Morgan fingerprint density at radius 3 is 3.00 bits per heavy atom. The van der Waals surface area contributed by atoms with Crippen LogP contribution in [-0.4, -0.2) is 29.7 Å². The molecule has 3 rings (SSSR count). The standard InChI is InChI=1S/C11H18N2OS/c1-6-4-8(6)10-7-2-3-14-5-9(7)13-11(12)15-10/h6-10H,2-5H2,1H3,(H2,12,13)/t6-,7?,8-,9?,10?/m1/s1. The van der Waals surface area contributed by atoms with Crippen LogP contribution in [0.5, 0.6) is 0 Å². The molecule has 0 aromatic carbocycles. The van der Waals surface area contributed by atoms with Crippen molar-refractivity contribution in [1.29, 1.82) is 0 Å². The molecule has 1 saturated heterocycles. The van der Waals surface area contributed by atoms with Crippen LogP contribution in [0.3, 0.4) is 0 Å². The van der Waals surface area contributed by atoms with Crippen LogP contribution >= 0.6 is 11.8 Å². The second-order valence-corrected chi connectivity index (χ2v) is 6.22. The Kier molecular flexibility index (Phi) is 2.44. The minimum Gasteiger partial charge on any atom is -0.379 e. The van der Waals surface area contributed by atoms with Crippen LogP contribution in [0.2, 0.25) is 0 Å². The summed E-state index contributed by atoms with van der Waals surface area (Å²) in [7, 11) is 0. The normalized spacial score (nSPS) is 49.4. The summed E-state index contributed by atoms with van der Waals surface area (Å²) in [5.74, 6) is 2.50. The van der Waals surface area contributed by atoms with Crippen molar-refractivity contribution in [3.8, 4) is 0 Å². The van der Waals surface area contributed by atoms with Crippen LogP contribution in [0.1, 0.15) is 19.8 Å². The maximum Gasteiger partial charge on any atom is 0.154 e. The number of thioether (sulfide) groups is 1. The van der Waals surface area contributed by atoms with Gasteiger partial charge in [-0.2, -0.15) is 0 Å². The van der Waals surface area contributed by atoms with Crippen molar-refractivity contribution in [3.05, 3.63) is 0 Å². The first-order valence-corrected chi connectivity index (χ1v) is 6.71. The first-order chi connectivity index (χ1) is 7.25. The lowest BCUT2D eigenvalue weighted by Gasteiger charge is -2.38. The van der Waals surface area contributed by atoms with Crippen molar-refractivity contribution in [2.24, 2.45) is 28.5 Å². The van der Waals surface area contributed by atoms with Gasteiger partial charge in [-0.05, 0) is 30.6 Å². The number of aliphatic imine (C=N–C) groups is 1. The molecular formula is C11H18N2OS. The fourth-order valence-electron chi connectivity index (χ4n) is 2.89. The molecule has 3 unspecified atom stereocenters. The van der Waals surface area contributed by atoms with Crippen LogP contribution in [0.15, 0.2) is 4.99 Å². The molecule has 4 heteroatoms. The second kappa shape index (κ2) is 3.67. The van der Waals surface area contributed by atoms with E-state index in [2.05, 4.69) is 11.9 Å². The minimum absolute atomic E-state index is 0.345. The molecule has 1 aliphatic carbocycles. The van der Waals surface area contributed by atoms with Gasteiger partial charge in [0.2, 0.25) is 0 Å². The highest BCUT2D eigenvalue weighted by molar-refractivity contribution is 8.14. The molecule has 0 spiro atoms. The quantitative estimate of drug-likeness (QED) is 0.736. The van der Waals surface area contributed by atoms with E-state index in [0.717, 1.165) is 30.2 Å². The smallest absolute Gasteiger partial charge is 0.154 e. The Hall–Kier alpha value is -0.220. The van der Waals surface area contributed by atoms with Gasteiger partial charge in [-0.25, -0.2) is 0 Å². The van der Waals surface area contributed by atoms with Crippen molar-refractivity contribution >= 4 is 16.9 Å². The summed E-state index contributed by atoms with van der Waals surface area (Å²) in [4.78, 5) is 4.52. The number of nitrogens with two attached hydrogens (primary N) is 1. The highest BCUT2D eigenvalue weighted by Crippen LogP contribution is 2.51. The summed E-state index contributed by atoms with van der Waals surface area (Å²) >= 11 is 1.82. The molecule has 0 radical (unpaired) electrons. The van der Waals surface area contributed by atoms with Crippen molar-refractivity contribution in [3.63, 3.8) is 0 Å². The van der Waals surface area contributed by atoms with Gasteiger partial charge >= 0.3 is 0 Å².